The van der Waals surface area contributed by atoms with Crippen molar-refractivity contribution in [3.63, 3.8) is 0 Å². The number of amides is 1. The Hall–Kier alpha value is -1.88. The van der Waals surface area contributed by atoms with Gasteiger partial charge in [-0.15, -0.1) is 11.3 Å². The van der Waals surface area contributed by atoms with Crippen molar-refractivity contribution >= 4 is 28.1 Å². The highest BCUT2D eigenvalue weighted by Gasteiger charge is 2.25. The van der Waals surface area contributed by atoms with Crippen LogP contribution < -0.4 is 11.1 Å². The Kier molecular flexibility index (Phi) is 6.08. The van der Waals surface area contributed by atoms with Crippen molar-refractivity contribution in [1.82, 2.24) is 4.98 Å². The van der Waals surface area contributed by atoms with Crippen LogP contribution in [0.4, 0.5) is 10.8 Å². The van der Waals surface area contributed by atoms with Crippen LogP contribution in [-0.2, 0) is 4.79 Å². The summed E-state index contributed by atoms with van der Waals surface area (Å²) < 4.78 is 0. The third-order valence-corrected chi connectivity index (χ3v) is 5.83. The van der Waals surface area contributed by atoms with Crippen LogP contribution in [0, 0.1) is 11.8 Å². The average molecular weight is 358 g/mol. The molecule has 0 spiro atoms. The molecule has 5 heteroatoms. The minimum Gasteiger partial charge on any atom is -0.375 e. The van der Waals surface area contributed by atoms with Crippen molar-refractivity contribution in [2.75, 3.05) is 11.1 Å². The molecule has 134 valence electrons. The Bertz CT molecular complexity index is 687. The standard InChI is InChI=1S/C20H27N3OS/c1-2-3-4-14-5-7-16(8-6-14)19(24)22-17-11-9-15(10-12-17)18-13-25-20(21)23-18/h9-14,16H,2-8H2,1H3,(H2,21,23)(H,22,24). The summed E-state index contributed by atoms with van der Waals surface area (Å²) in [7, 11) is 0. The van der Waals surface area contributed by atoms with E-state index < -0.39 is 0 Å². The van der Waals surface area contributed by atoms with E-state index in [1.165, 1.54) is 43.4 Å². The number of nitrogens with two attached hydrogens (primary N) is 1. The molecule has 1 saturated carbocycles. The lowest BCUT2D eigenvalue weighted by Crippen LogP contribution is -2.27. The number of thiazole rings is 1. The van der Waals surface area contributed by atoms with E-state index in [1.54, 1.807) is 0 Å². The maximum absolute atomic E-state index is 12.5. The van der Waals surface area contributed by atoms with Crippen molar-refractivity contribution in [3.8, 4) is 11.3 Å². The SMILES string of the molecule is CCCCC1CCC(C(=O)Nc2ccc(-c3csc(N)n3)cc2)CC1. The second kappa shape index (κ2) is 8.48. The van der Waals surface area contributed by atoms with Gasteiger partial charge in [0.15, 0.2) is 5.13 Å². The van der Waals surface area contributed by atoms with Crippen molar-refractivity contribution in [1.29, 1.82) is 0 Å². The van der Waals surface area contributed by atoms with Gasteiger partial charge in [-0.3, -0.25) is 4.79 Å². The molecule has 3 N–H and O–H groups in total. The lowest BCUT2D eigenvalue weighted by Gasteiger charge is -2.27. The number of anilines is 2. The largest absolute Gasteiger partial charge is 0.375 e. The molecule has 0 bridgehead atoms. The number of benzene rings is 1. The predicted octanol–water partition coefficient (Wildman–Crippen LogP) is 5.33. The summed E-state index contributed by atoms with van der Waals surface area (Å²) in [5.74, 6) is 1.16. The van der Waals surface area contributed by atoms with Crippen LogP contribution in [0.3, 0.4) is 0 Å². The van der Waals surface area contributed by atoms with E-state index in [0.717, 1.165) is 35.7 Å². The van der Waals surface area contributed by atoms with Gasteiger partial charge in [-0.25, -0.2) is 4.98 Å². The lowest BCUT2D eigenvalue weighted by atomic mass is 9.79. The van der Waals surface area contributed by atoms with Crippen LogP contribution in [-0.4, -0.2) is 10.9 Å². The number of rotatable bonds is 6. The van der Waals surface area contributed by atoms with Gasteiger partial charge in [-0.1, -0.05) is 38.3 Å². The van der Waals surface area contributed by atoms with Crippen LogP contribution in [0.15, 0.2) is 29.6 Å². The van der Waals surface area contributed by atoms with Gasteiger partial charge < -0.3 is 11.1 Å². The quantitative estimate of drug-likeness (QED) is 0.734. The van der Waals surface area contributed by atoms with E-state index in [1.807, 2.05) is 29.6 Å². The van der Waals surface area contributed by atoms with Gasteiger partial charge in [-0.05, 0) is 43.7 Å². The number of nitrogens with zero attached hydrogens (tertiary/aromatic N) is 1. The molecule has 1 aromatic heterocycles. The summed E-state index contributed by atoms with van der Waals surface area (Å²) in [5.41, 5.74) is 8.43. The zero-order valence-electron chi connectivity index (χ0n) is 14.8. The maximum atomic E-state index is 12.5. The first kappa shape index (κ1) is 17.9. The molecule has 25 heavy (non-hydrogen) atoms. The molecule has 3 rings (SSSR count). The maximum Gasteiger partial charge on any atom is 0.227 e. The third-order valence-electron chi connectivity index (χ3n) is 5.15. The minimum atomic E-state index is 0.163. The van der Waals surface area contributed by atoms with Crippen molar-refractivity contribution in [2.45, 2.75) is 51.9 Å². The van der Waals surface area contributed by atoms with E-state index in [-0.39, 0.29) is 11.8 Å². The number of aromatic nitrogens is 1. The molecule has 0 unspecified atom stereocenters. The molecule has 1 aliphatic rings. The van der Waals surface area contributed by atoms with Crippen LogP contribution in [0.5, 0.6) is 0 Å². The van der Waals surface area contributed by atoms with Gasteiger partial charge >= 0.3 is 0 Å². The second-order valence-corrected chi connectivity index (χ2v) is 7.89. The number of unbranched alkanes of at least 4 members (excludes halogenated alkanes) is 1. The Morgan fingerprint density at radius 3 is 2.56 bits per heavy atom. The van der Waals surface area contributed by atoms with E-state index >= 15 is 0 Å². The molecule has 1 aliphatic carbocycles. The van der Waals surface area contributed by atoms with Crippen LogP contribution >= 0.6 is 11.3 Å². The van der Waals surface area contributed by atoms with Gasteiger partial charge in [0.2, 0.25) is 5.91 Å². The van der Waals surface area contributed by atoms with Crippen LogP contribution in [0.2, 0.25) is 0 Å². The summed E-state index contributed by atoms with van der Waals surface area (Å²) >= 11 is 1.43. The zero-order chi connectivity index (χ0) is 17.6. The van der Waals surface area contributed by atoms with Gasteiger partial charge in [0.25, 0.3) is 0 Å². The molecule has 0 atom stereocenters. The topological polar surface area (TPSA) is 68.0 Å². The fourth-order valence-corrected chi connectivity index (χ4v) is 4.17. The van der Waals surface area contributed by atoms with Crippen molar-refractivity contribution in [2.24, 2.45) is 11.8 Å². The predicted molar refractivity (Wildman–Crippen MR) is 106 cm³/mol. The van der Waals surface area contributed by atoms with Gasteiger partial charge in [0, 0.05) is 22.5 Å². The van der Waals surface area contributed by atoms with Gasteiger partial charge in [-0.2, -0.15) is 0 Å². The van der Waals surface area contributed by atoms with E-state index in [2.05, 4.69) is 17.2 Å². The molecule has 1 amide bonds. The second-order valence-electron chi connectivity index (χ2n) is 7.00. The van der Waals surface area contributed by atoms with Gasteiger partial charge in [0.1, 0.15) is 0 Å². The van der Waals surface area contributed by atoms with Crippen LogP contribution in [0.1, 0.15) is 51.9 Å². The third kappa shape index (κ3) is 4.82. The number of hydrogen-bond acceptors (Lipinski definition) is 4. The Morgan fingerprint density at radius 1 is 1.24 bits per heavy atom. The molecule has 0 saturated heterocycles. The lowest BCUT2D eigenvalue weighted by molar-refractivity contribution is -0.121. The first-order chi connectivity index (χ1) is 12.2. The molecular weight excluding hydrogens is 330 g/mol. The highest BCUT2D eigenvalue weighted by molar-refractivity contribution is 7.13. The number of carbonyl (C=O) groups is 1. The fourth-order valence-electron chi connectivity index (χ4n) is 3.59. The number of nitrogen functional groups attached to an aromatic ring is 1. The van der Waals surface area contributed by atoms with E-state index in [0.29, 0.717) is 5.13 Å². The molecule has 4 nitrogen and oxygen atoms in total. The Balaban J connectivity index is 1.51. The first-order valence-electron chi connectivity index (χ1n) is 9.28. The summed E-state index contributed by atoms with van der Waals surface area (Å²) in [6, 6.07) is 7.84. The minimum absolute atomic E-state index is 0.163. The van der Waals surface area contributed by atoms with Crippen molar-refractivity contribution < 1.29 is 4.79 Å². The zero-order valence-corrected chi connectivity index (χ0v) is 15.6. The number of carbonyl (C=O) groups excluding carboxylic acids is 1. The van der Waals surface area contributed by atoms with Gasteiger partial charge in [0.05, 0.1) is 5.69 Å². The van der Waals surface area contributed by atoms with Crippen molar-refractivity contribution in [3.05, 3.63) is 29.6 Å². The molecular formula is C20H27N3OS. The summed E-state index contributed by atoms with van der Waals surface area (Å²) in [6.45, 7) is 2.24. The molecule has 1 heterocycles. The summed E-state index contributed by atoms with van der Waals surface area (Å²) in [4.78, 5) is 16.8. The average Bonchev–Trinajstić information content (AvgIpc) is 3.07. The highest BCUT2D eigenvalue weighted by atomic mass is 32.1. The summed E-state index contributed by atoms with van der Waals surface area (Å²) in [6.07, 6.45) is 8.35. The normalized spacial score (nSPS) is 20.4. The highest BCUT2D eigenvalue weighted by Crippen LogP contribution is 2.32. The van der Waals surface area contributed by atoms with E-state index in [4.69, 9.17) is 5.73 Å². The van der Waals surface area contributed by atoms with Crippen LogP contribution in [0.25, 0.3) is 11.3 Å². The Labute approximate surface area is 153 Å². The molecule has 0 radical (unpaired) electrons. The monoisotopic (exact) mass is 357 g/mol. The fraction of sp³-hybridized carbons (Fsp3) is 0.500. The molecule has 1 fully saturated rings. The van der Waals surface area contributed by atoms with E-state index in [9.17, 15) is 4.79 Å². The number of hydrogen-bond donors (Lipinski definition) is 2. The summed E-state index contributed by atoms with van der Waals surface area (Å²) in [5, 5.41) is 5.59. The molecule has 1 aromatic carbocycles. The first-order valence-corrected chi connectivity index (χ1v) is 10.2. The Morgan fingerprint density at radius 2 is 1.96 bits per heavy atom. The molecule has 0 aliphatic heterocycles. The smallest absolute Gasteiger partial charge is 0.227 e. The number of nitrogens with one attached hydrogen (secondary N) is 1. The molecule has 2 aromatic rings.